The summed E-state index contributed by atoms with van der Waals surface area (Å²) in [6.07, 6.45) is -0.0572. The molecule has 2 N–H and O–H groups in total. The van der Waals surface area contributed by atoms with Crippen LogP contribution in [0.4, 0.5) is 8.78 Å². The van der Waals surface area contributed by atoms with Crippen LogP contribution in [0.3, 0.4) is 0 Å². The van der Waals surface area contributed by atoms with Crippen LogP contribution in [0.15, 0.2) is 42.5 Å². The van der Waals surface area contributed by atoms with Crippen LogP contribution in [-0.4, -0.2) is 36.2 Å². The number of carbonyl (C=O) groups excluding carboxylic acids is 3. The quantitative estimate of drug-likeness (QED) is 0.316. The minimum Gasteiger partial charge on any atom is -0.466 e. The molecule has 32 heavy (non-hydrogen) atoms. The van der Waals surface area contributed by atoms with E-state index in [-0.39, 0.29) is 10.4 Å². The molecule has 6 nitrogen and oxygen atoms in total. The highest BCUT2D eigenvalue weighted by Gasteiger charge is 2.49. The Bertz CT molecular complexity index is 1180. The Kier molecular flexibility index (Phi) is 6.92. The average Bonchev–Trinajstić information content (AvgIpc) is 3.15. The van der Waals surface area contributed by atoms with E-state index < -0.39 is 41.6 Å². The van der Waals surface area contributed by atoms with Gasteiger partial charge in [-0.2, -0.15) is 0 Å². The molecule has 0 aliphatic carbocycles. The predicted molar refractivity (Wildman–Crippen MR) is 117 cm³/mol. The van der Waals surface area contributed by atoms with Crippen molar-refractivity contribution >= 4 is 51.2 Å². The third-order valence-corrected chi connectivity index (χ3v) is 6.34. The molecule has 3 aromatic rings. The number of esters is 1. The monoisotopic (exact) mass is 480 g/mol. The summed E-state index contributed by atoms with van der Waals surface area (Å²) in [6.45, 7) is 1.38. The van der Waals surface area contributed by atoms with Crippen LogP contribution in [0.5, 0.6) is 0 Å². The van der Waals surface area contributed by atoms with Crippen molar-refractivity contribution < 1.29 is 27.9 Å². The molecule has 168 valence electrons. The molecule has 2 aromatic carbocycles. The molecule has 10 heteroatoms. The SMILES string of the molecule is COC(=O)C(N)(c1cc2ccc(Cl)cc2s1)N(C(=O)Cc1cc(F)cc(F)c1)[C@@H](C)C=O. The van der Waals surface area contributed by atoms with Gasteiger partial charge in [0.15, 0.2) is 0 Å². The number of aldehydes is 1. The third-order valence-electron chi connectivity index (χ3n) is 4.88. The van der Waals surface area contributed by atoms with Crippen molar-refractivity contribution in [2.75, 3.05) is 7.11 Å². The number of methoxy groups -OCH3 is 1. The first-order valence-corrected chi connectivity index (χ1v) is 10.6. The van der Waals surface area contributed by atoms with Crippen LogP contribution in [0.25, 0.3) is 10.1 Å². The van der Waals surface area contributed by atoms with Crippen LogP contribution in [0.1, 0.15) is 17.4 Å². The molecule has 1 aromatic heterocycles. The van der Waals surface area contributed by atoms with E-state index in [4.69, 9.17) is 22.1 Å². The van der Waals surface area contributed by atoms with Crippen molar-refractivity contribution in [2.24, 2.45) is 5.73 Å². The summed E-state index contributed by atoms with van der Waals surface area (Å²) in [4.78, 5) is 39.0. The Labute approximate surface area is 191 Å². The average molecular weight is 481 g/mol. The highest BCUT2D eigenvalue weighted by molar-refractivity contribution is 7.19. The normalized spacial score (nSPS) is 13.9. The third kappa shape index (κ3) is 4.50. The molecule has 0 aliphatic heterocycles. The molecule has 0 spiro atoms. The van der Waals surface area contributed by atoms with E-state index in [2.05, 4.69) is 0 Å². The van der Waals surface area contributed by atoms with Crippen molar-refractivity contribution in [1.82, 2.24) is 4.90 Å². The molecular formula is C22H19ClF2N2O4S. The number of rotatable bonds is 7. The van der Waals surface area contributed by atoms with Gasteiger partial charge < -0.3 is 14.4 Å². The van der Waals surface area contributed by atoms with Gasteiger partial charge in [0.2, 0.25) is 11.6 Å². The van der Waals surface area contributed by atoms with Gasteiger partial charge in [0.25, 0.3) is 0 Å². The zero-order valence-electron chi connectivity index (χ0n) is 17.1. The Morgan fingerprint density at radius 1 is 1.22 bits per heavy atom. The fourth-order valence-electron chi connectivity index (χ4n) is 3.44. The Hall–Kier alpha value is -2.88. The van der Waals surface area contributed by atoms with Gasteiger partial charge in [0, 0.05) is 15.8 Å². The number of hydrogen-bond donors (Lipinski definition) is 1. The van der Waals surface area contributed by atoms with Crippen molar-refractivity contribution in [3.8, 4) is 0 Å². The van der Waals surface area contributed by atoms with Crippen LogP contribution < -0.4 is 5.73 Å². The maximum atomic E-state index is 13.6. The van der Waals surface area contributed by atoms with Crippen molar-refractivity contribution in [3.05, 3.63) is 69.6 Å². The van der Waals surface area contributed by atoms with Gasteiger partial charge in [-0.05, 0) is 48.2 Å². The summed E-state index contributed by atoms with van der Waals surface area (Å²) in [5.41, 5.74) is 4.36. The fourth-order valence-corrected chi connectivity index (χ4v) is 4.87. The van der Waals surface area contributed by atoms with Gasteiger partial charge in [0.1, 0.15) is 17.9 Å². The second kappa shape index (κ2) is 9.32. The maximum absolute atomic E-state index is 13.6. The van der Waals surface area contributed by atoms with Gasteiger partial charge in [0.05, 0.1) is 24.4 Å². The van der Waals surface area contributed by atoms with Gasteiger partial charge >= 0.3 is 5.97 Å². The summed E-state index contributed by atoms with van der Waals surface area (Å²) in [5, 5.41) is 1.18. The first-order valence-electron chi connectivity index (χ1n) is 9.39. The first-order chi connectivity index (χ1) is 15.1. The highest BCUT2D eigenvalue weighted by Crippen LogP contribution is 2.37. The number of halogens is 3. The summed E-state index contributed by atoms with van der Waals surface area (Å²) in [5.74, 6) is -3.51. The minimum atomic E-state index is -2.17. The van der Waals surface area contributed by atoms with Crippen LogP contribution in [0.2, 0.25) is 5.02 Å². The molecule has 1 unspecified atom stereocenters. The van der Waals surface area contributed by atoms with Gasteiger partial charge in [-0.1, -0.05) is 17.7 Å². The van der Waals surface area contributed by atoms with E-state index in [1.165, 1.54) is 6.92 Å². The lowest BCUT2D eigenvalue weighted by Gasteiger charge is -2.40. The largest absolute Gasteiger partial charge is 0.466 e. The number of ether oxygens (including phenoxy) is 1. The van der Waals surface area contributed by atoms with Gasteiger partial charge in [-0.15, -0.1) is 11.3 Å². The zero-order chi connectivity index (χ0) is 23.6. The number of nitrogens with two attached hydrogens (primary N) is 1. The standard InChI is InChI=1S/C22H19ClF2N2O4S/c1-12(11-28)27(20(29)7-13-5-16(24)10-17(25)6-13)22(26,21(30)31-2)19-8-14-3-4-15(23)9-18(14)32-19/h3-6,8-12H,7,26H2,1-2H3/t12-,22?/m0/s1. The van der Waals surface area contributed by atoms with E-state index in [0.29, 0.717) is 27.5 Å². The van der Waals surface area contributed by atoms with Crippen molar-refractivity contribution in [3.63, 3.8) is 0 Å². The number of fused-ring (bicyclic) bond motifs is 1. The van der Waals surface area contributed by atoms with E-state index >= 15 is 0 Å². The van der Waals surface area contributed by atoms with Gasteiger partial charge in [-0.25, -0.2) is 13.6 Å². The summed E-state index contributed by atoms with van der Waals surface area (Å²) in [7, 11) is 1.10. The molecular weight excluding hydrogens is 462 g/mol. The summed E-state index contributed by atoms with van der Waals surface area (Å²) < 4.78 is 32.8. The number of thiophene rings is 1. The Morgan fingerprint density at radius 2 is 1.88 bits per heavy atom. The molecule has 1 amide bonds. The van der Waals surface area contributed by atoms with Crippen molar-refractivity contribution in [1.29, 1.82) is 0 Å². The first kappa shape index (κ1) is 23.8. The summed E-state index contributed by atoms with van der Waals surface area (Å²) >= 11 is 7.15. The molecule has 0 radical (unpaired) electrons. The number of hydrogen-bond acceptors (Lipinski definition) is 6. The molecule has 0 saturated heterocycles. The molecule has 0 fully saturated rings. The lowest BCUT2D eigenvalue weighted by Crippen LogP contribution is -2.64. The molecule has 3 rings (SSSR count). The fraction of sp³-hybridized carbons (Fsp3) is 0.227. The zero-order valence-corrected chi connectivity index (χ0v) is 18.7. The van der Waals surface area contributed by atoms with Crippen LogP contribution >= 0.6 is 22.9 Å². The minimum absolute atomic E-state index is 0.0194. The lowest BCUT2D eigenvalue weighted by atomic mass is 10.0. The Balaban J connectivity index is 2.13. The van der Waals surface area contributed by atoms with Crippen LogP contribution in [-0.2, 0) is 31.2 Å². The number of amides is 1. The highest BCUT2D eigenvalue weighted by atomic mass is 35.5. The summed E-state index contributed by atoms with van der Waals surface area (Å²) in [6, 6.07) is 8.15. The molecule has 2 atom stereocenters. The lowest BCUT2D eigenvalue weighted by molar-refractivity contribution is -0.165. The second-order valence-corrected chi connectivity index (χ2v) is 8.67. The molecule has 1 heterocycles. The molecule has 0 saturated carbocycles. The van der Waals surface area contributed by atoms with E-state index in [1.54, 1.807) is 24.3 Å². The van der Waals surface area contributed by atoms with E-state index in [1.807, 2.05) is 0 Å². The maximum Gasteiger partial charge on any atom is 0.352 e. The second-order valence-electron chi connectivity index (χ2n) is 7.15. The van der Waals surface area contributed by atoms with E-state index in [0.717, 1.165) is 35.5 Å². The van der Waals surface area contributed by atoms with Gasteiger partial charge in [-0.3, -0.25) is 10.5 Å². The predicted octanol–water partition coefficient (Wildman–Crippen LogP) is 3.78. The molecule has 0 bridgehead atoms. The van der Waals surface area contributed by atoms with Crippen LogP contribution in [0, 0.1) is 11.6 Å². The smallest absolute Gasteiger partial charge is 0.352 e. The Morgan fingerprint density at radius 3 is 2.47 bits per heavy atom. The number of benzene rings is 2. The topological polar surface area (TPSA) is 89.7 Å². The van der Waals surface area contributed by atoms with Crippen molar-refractivity contribution in [2.45, 2.75) is 25.0 Å². The molecule has 0 aliphatic rings. The number of carbonyl (C=O) groups is 3. The van der Waals surface area contributed by atoms with E-state index in [9.17, 15) is 23.2 Å². The number of nitrogens with zero attached hydrogens (tertiary/aromatic N) is 1.